The Labute approximate surface area is 332 Å². The van der Waals surface area contributed by atoms with Crippen molar-refractivity contribution in [2.45, 2.75) is 114 Å². The van der Waals surface area contributed by atoms with Gasteiger partial charge in [-0.15, -0.1) is 11.8 Å². The van der Waals surface area contributed by atoms with Crippen molar-refractivity contribution in [3.05, 3.63) is 0 Å². The number of thioether (sulfide) groups is 1. The lowest BCUT2D eigenvalue weighted by molar-refractivity contribution is -0.152. The second kappa shape index (κ2) is 19.1. The average Bonchev–Trinajstić information content (AvgIpc) is 3.91. The molecule has 7 amide bonds. The number of amides is 7. The van der Waals surface area contributed by atoms with E-state index in [1.165, 1.54) is 4.31 Å². The molecule has 6 fully saturated rings. The highest BCUT2D eigenvalue weighted by atomic mass is 32.2. The molecular formula is C37H57N7O10S2. The van der Waals surface area contributed by atoms with Crippen molar-refractivity contribution in [1.82, 2.24) is 35.4 Å². The number of nitrogens with one attached hydrogen (secondary N) is 4. The zero-order valence-electron chi connectivity index (χ0n) is 32.2. The number of carbonyl (C=O) groups is 7. The zero-order valence-corrected chi connectivity index (χ0v) is 33.8. The lowest BCUT2D eigenvalue weighted by atomic mass is 9.79. The summed E-state index contributed by atoms with van der Waals surface area (Å²) in [7, 11) is -3.35. The molecule has 8 unspecified atom stereocenters. The maximum absolute atomic E-state index is 13.4. The lowest BCUT2D eigenvalue weighted by Gasteiger charge is -2.36. The van der Waals surface area contributed by atoms with Crippen LogP contribution in [0.1, 0.15) is 89.9 Å². The Morgan fingerprint density at radius 3 is 2.46 bits per heavy atom. The number of carbonyl (C=O) groups excluding carboxylic acids is 7. The van der Waals surface area contributed by atoms with Gasteiger partial charge in [0.25, 0.3) is 0 Å². The first kappa shape index (κ1) is 42.5. The van der Waals surface area contributed by atoms with Crippen molar-refractivity contribution < 1.29 is 46.7 Å². The first-order valence-electron chi connectivity index (χ1n) is 20.3. The highest BCUT2D eigenvalue weighted by Gasteiger charge is 2.56. The number of imide groups is 2. The third-order valence-electron chi connectivity index (χ3n) is 12.2. The summed E-state index contributed by atoms with van der Waals surface area (Å²) in [6.45, 7) is 2.15. The molecule has 6 rings (SSSR count). The van der Waals surface area contributed by atoms with Gasteiger partial charge in [0.2, 0.25) is 51.4 Å². The van der Waals surface area contributed by atoms with Gasteiger partial charge in [-0.25, -0.2) is 12.7 Å². The summed E-state index contributed by atoms with van der Waals surface area (Å²) in [4.78, 5) is 91.8. The molecular weight excluding hydrogens is 767 g/mol. The number of fused-ring (bicyclic) bond motifs is 1. The van der Waals surface area contributed by atoms with Gasteiger partial charge in [-0.3, -0.25) is 49.1 Å². The monoisotopic (exact) mass is 823 g/mol. The van der Waals surface area contributed by atoms with Crippen LogP contribution in [0.2, 0.25) is 0 Å². The van der Waals surface area contributed by atoms with Gasteiger partial charge in [-0.1, -0.05) is 25.7 Å². The number of sulfonamides is 1. The van der Waals surface area contributed by atoms with Gasteiger partial charge in [0.1, 0.15) is 11.5 Å². The second-order valence-electron chi connectivity index (χ2n) is 16.1. The Hall–Kier alpha value is -3.13. The summed E-state index contributed by atoms with van der Waals surface area (Å²) in [5.74, 6) is -2.59. The van der Waals surface area contributed by atoms with Crippen LogP contribution in [0.4, 0.5) is 0 Å². The Kier molecular flexibility index (Phi) is 14.5. The molecule has 17 nitrogen and oxygen atoms in total. The first-order chi connectivity index (χ1) is 26.8. The molecule has 0 aromatic rings. The van der Waals surface area contributed by atoms with Crippen LogP contribution < -0.4 is 21.3 Å². The normalized spacial score (nSPS) is 31.4. The Morgan fingerprint density at radius 1 is 0.911 bits per heavy atom. The van der Waals surface area contributed by atoms with E-state index >= 15 is 0 Å². The summed E-state index contributed by atoms with van der Waals surface area (Å²) < 4.78 is 30.9. The summed E-state index contributed by atoms with van der Waals surface area (Å²) >= 11 is 1.59. The molecule has 1 saturated carbocycles. The molecule has 0 aromatic heterocycles. The van der Waals surface area contributed by atoms with Crippen LogP contribution in [0, 0.1) is 23.7 Å². The fourth-order valence-corrected chi connectivity index (χ4v) is 11.2. The number of likely N-dealkylation sites (tertiary alicyclic amines) is 2. The van der Waals surface area contributed by atoms with Crippen molar-refractivity contribution in [3.8, 4) is 0 Å². The Balaban J connectivity index is 0.820. The molecule has 19 heteroatoms. The van der Waals surface area contributed by atoms with Crippen molar-refractivity contribution in [2.75, 3.05) is 51.3 Å². The smallest absolute Gasteiger partial charge is 0.249 e. The van der Waals surface area contributed by atoms with Crippen LogP contribution in [0.5, 0.6) is 0 Å². The minimum absolute atomic E-state index is 0.102. The largest absolute Gasteiger partial charge is 0.377 e. The molecule has 5 aliphatic heterocycles. The molecule has 0 aromatic carbocycles. The summed E-state index contributed by atoms with van der Waals surface area (Å²) in [5, 5.41) is 11.3. The third kappa shape index (κ3) is 10.5. The number of nitrogens with zero attached hydrogens (tertiary/aromatic N) is 3. The van der Waals surface area contributed by atoms with E-state index in [-0.39, 0.29) is 84.9 Å². The zero-order chi connectivity index (χ0) is 40.0. The molecule has 1 aliphatic carbocycles. The molecule has 5 heterocycles. The van der Waals surface area contributed by atoms with Gasteiger partial charge in [0, 0.05) is 57.4 Å². The van der Waals surface area contributed by atoms with E-state index in [9.17, 15) is 42.0 Å². The fraction of sp³-hybridized carbons (Fsp3) is 0.811. The van der Waals surface area contributed by atoms with Crippen molar-refractivity contribution in [2.24, 2.45) is 23.7 Å². The number of hydrogen-bond acceptors (Lipinski definition) is 12. The first-order valence-corrected chi connectivity index (χ1v) is 23.2. The van der Waals surface area contributed by atoms with Crippen LogP contribution >= 0.6 is 11.8 Å². The van der Waals surface area contributed by atoms with Crippen LogP contribution in [0.15, 0.2) is 0 Å². The summed E-state index contributed by atoms with van der Waals surface area (Å²) in [5.41, 5.74) is -0.294. The Morgan fingerprint density at radius 2 is 1.70 bits per heavy atom. The van der Waals surface area contributed by atoms with Gasteiger partial charge in [-0.05, 0) is 57.3 Å². The molecule has 4 N–H and O–H groups in total. The van der Waals surface area contributed by atoms with E-state index in [2.05, 4.69) is 21.3 Å². The van der Waals surface area contributed by atoms with E-state index in [0.717, 1.165) is 74.8 Å². The predicted octanol–water partition coefficient (Wildman–Crippen LogP) is 0.0436. The third-order valence-corrected chi connectivity index (χ3v) is 14.6. The van der Waals surface area contributed by atoms with E-state index in [1.807, 2.05) is 4.90 Å². The van der Waals surface area contributed by atoms with Gasteiger partial charge >= 0.3 is 0 Å². The van der Waals surface area contributed by atoms with Crippen LogP contribution in [0.3, 0.4) is 0 Å². The van der Waals surface area contributed by atoms with E-state index < -0.39 is 39.7 Å². The highest BCUT2D eigenvalue weighted by molar-refractivity contribution is 8.00. The molecule has 6 aliphatic rings. The van der Waals surface area contributed by atoms with E-state index in [0.29, 0.717) is 45.4 Å². The van der Waals surface area contributed by atoms with Crippen molar-refractivity contribution in [1.29, 1.82) is 0 Å². The topological polar surface area (TPSA) is 221 Å². The van der Waals surface area contributed by atoms with Gasteiger partial charge < -0.3 is 20.3 Å². The second-order valence-corrected chi connectivity index (χ2v) is 19.2. The number of piperidine rings is 2. The standard InChI is InChI=1S/C37H57N7O10S2/c1-56(52,53)43-17-15-24(21-43)33(48)38-19-30(46)41-37-39-26(22-55-37)23-9-8-16-42(20-23)31(47)12-5-3-2-4-6-18-54-28-11-7-10-25-32(28)36(51)44(35(25)50)27-13-14-29(45)40-34(27)49/h23-28,32,37,39H,2-22H2,1H3,(H,38,48)(H,41,46)(H,40,45,49). The van der Waals surface area contributed by atoms with Gasteiger partial charge in [0.05, 0.1) is 36.7 Å². The van der Waals surface area contributed by atoms with Crippen LogP contribution in [-0.2, 0) is 48.3 Å². The van der Waals surface area contributed by atoms with E-state index in [1.54, 1.807) is 11.8 Å². The minimum atomic E-state index is -3.35. The quantitative estimate of drug-likeness (QED) is 0.120. The van der Waals surface area contributed by atoms with Crippen LogP contribution in [-0.4, -0.2) is 139 Å². The molecule has 8 atom stereocenters. The average molecular weight is 824 g/mol. The summed E-state index contributed by atoms with van der Waals surface area (Å²) in [6, 6.07) is -0.785. The number of unbranched alkanes of at least 4 members (excludes halogenated alkanes) is 4. The maximum Gasteiger partial charge on any atom is 0.249 e. The molecule has 0 bridgehead atoms. The number of rotatable bonds is 16. The number of hydrogen-bond donors (Lipinski definition) is 4. The maximum atomic E-state index is 13.4. The SMILES string of the molecule is CS(=O)(=O)N1CCC(C(=O)NCC(=O)NC2NC(C3CCCN(C(=O)CCCCCCCOC4CCCC5C(=O)N(C6CCC(=O)NC6=O)C(=O)C45)C3)CS2)C1. The van der Waals surface area contributed by atoms with Crippen LogP contribution in [0.25, 0.3) is 0 Å². The minimum Gasteiger partial charge on any atom is -0.377 e. The molecule has 56 heavy (non-hydrogen) atoms. The fourth-order valence-electron chi connectivity index (χ4n) is 9.10. The number of ether oxygens (including phenoxy) is 1. The van der Waals surface area contributed by atoms with Crippen molar-refractivity contribution in [3.63, 3.8) is 0 Å². The summed E-state index contributed by atoms with van der Waals surface area (Å²) in [6.07, 6.45) is 10.3. The molecule has 312 valence electrons. The van der Waals surface area contributed by atoms with Gasteiger partial charge in [0.15, 0.2) is 0 Å². The Bertz CT molecular complexity index is 1630. The van der Waals surface area contributed by atoms with Gasteiger partial charge in [-0.2, -0.15) is 0 Å². The lowest BCUT2D eigenvalue weighted by Crippen LogP contribution is -2.54. The molecule has 0 spiro atoms. The highest BCUT2D eigenvalue weighted by Crippen LogP contribution is 2.41. The van der Waals surface area contributed by atoms with Crippen molar-refractivity contribution >= 4 is 63.1 Å². The molecule has 5 saturated heterocycles. The molecule has 0 radical (unpaired) electrons. The predicted molar refractivity (Wildman–Crippen MR) is 204 cm³/mol. The van der Waals surface area contributed by atoms with E-state index in [4.69, 9.17) is 4.74 Å².